The third kappa shape index (κ3) is 3.77. The maximum Gasteiger partial charge on any atom is 0.291 e. The van der Waals surface area contributed by atoms with Crippen LogP contribution in [0.1, 0.15) is 21.0 Å². The molecule has 126 valence electrons. The molecule has 1 saturated heterocycles. The van der Waals surface area contributed by atoms with Crippen molar-refractivity contribution in [3.63, 3.8) is 0 Å². The molecule has 2 heterocycles. The Morgan fingerprint density at radius 2 is 2.04 bits per heavy atom. The molecular weight excluding hydrogens is 398 g/mol. The zero-order chi connectivity index (χ0) is 17.1. The van der Waals surface area contributed by atoms with Crippen LogP contribution in [0.3, 0.4) is 0 Å². The molecule has 1 aromatic carbocycles. The summed E-state index contributed by atoms with van der Waals surface area (Å²) in [6.07, 6.45) is 1.50. The van der Waals surface area contributed by atoms with Crippen LogP contribution in [0, 0.1) is 0 Å². The smallest absolute Gasteiger partial charge is 0.291 e. The Morgan fingerprint density at radius 3 is 2.67 bits per heavy atom. The van der Waals surface area contributed by atoms with Crippen molar-refractivity contribution in [1.29, 1.82) is 0 Å². The van der Waals surface area contributed by atoms with Crippen molar-refractivity contribution in [3.05, 3.63) is 45.4 Å². The van der Waals surface area contributed by atoms with Gasteiger partial charge in [0, 0.05) is 31.9 Å². The van der Waals surface area contributed by atoms with Gasteiger partial charge < -0.3 is 20.5 Å². The molecule has 1 aliphatic rings. The summed E-state index contributed by atoms with van der Waals surface area (Å²) in [5, 5.41) is 6.18. The van der Waals surface area contributed by atoms with Crippen molar-refractivity contribution in [2.24, 2.45) is 0 Å². The number of carbonyl (C=O) groups excluding carboxylic acids is 2. The fraction of sp³-hybridized carbons (Fsp3) is 0.267. The second kappa shape index (κ2) is 7.33. The van der Waals surface area contributed by atoms with E-state index < -0.39 is 5.91 Å². The van der Waals surface area contributed by atoms with Gasteiger partial charge in [-0.3, -0.25) is 9.59 Å². The van der Waals surface area contributed by atoms with Gasteiger partial charge in [-0.25, -0.2) is 4.98 Å². The number of H-pyrrole nitrogens is 1. The van der Waals surface area contributed by atoms with E-state index >= 15 is 0 Å². The van der Waals surface area contributed by atoms with Gasteiger partial charge in [-0.05, 0) is 34.1 Å². The number of benzene rings is 1. The van der Waals surface area contributed by atoms with E-state index in [2.05, 4.69) is 36.5 Å². The van der Waals surface area contributed by atoms with Gasteiger partial charge in [-0.2, -0.15) is 0 Å². The van der Waals surface area contributed by atoms with Crippen LogP contribution in [0.25, 0.3) is 0 Å². The number of imidazole rings is 1. The summed E-state index contributed by atoms with van der Waals surface area (Å²) in [4.78, 5) is 33.0. The molecule has 9 heteroatoms. The molecule has 0 unspecified atom stereocenters. The number of carbonyl (C=O) groups is 2. The number of nitrogens with one attached hydrogen (secondary N) is 3. The van der Waals surface area contributed by atoms with E-state index in [0.717, 1.165) is 13.1 Å². The van der Waals surface area contributed by atoms with Crippen molar-refractivity contribution >= 4 is 45.0 Å². The number of rotatable bonds is 3. The highest BCUT2D eigenvalue weighted by molar-refractivity contribution is 9.10. The third-order valence-corrected chi connectivity index (χ3v) is 4.34. The number of hydrogen-bond donors (Lipinski definition) is 3. The average Bonchev–Trinajstić information content (AvgIpc) is 3.02. The lowest BCUT2D eigenvalue weighted by molar-refractivity contribution is 0.0736. The second-order valence-corrected chi connectivity index (χ2v) is 6.53. The molecule has 24 heavy (non-hydrogen) atoms. The lowest BCUT2D eigenvalue weighted by Crippen LogP contribution is -2.46. The van der Waals surface area contributed by atoms with Gasteiger partial charge in [-0.1, -0.05) is 11.6 Å². The fourth-order valence-electron chi connectivity index (χ4n) is 2.41. The summed E-state index contributed by atoms with van der Waals surface area (Å²) in [7, 11) is 0. The number of aromatic nitrogens is 2. The molecule has 0 aliphatic carbocycles. The molecule has 2 amide bonds. The van der Waals surface area contributed by atoms with Gasteiger partial charge >= 0.3 is 0 Å². The average molecular weight is 413 g/mol. The molecule has 3 rings (SSSR count). The molecular formula is C15H15BrClN5O2. The zero-order valence-corrected chi connectivity index (χ0v) is 14.9. The van der Waals surface area contributed by atoms with Crippen molar-refractivity contribution in [1.82, 2.24) is 20.2 Å². The van der Waals surface area contributed by atoms with Crippen molar-refractivity contribution in [2.75, 3.05) is 31.5 Å². The summed E-state index contributed by atoms with van der Waals surface area (Å²) in [5.41, 5.74) is 0.923. The normalized spacial score (nSPS) is 14.5. The topological polar surface area (TPSA) is 90.1 Å². The molecule has 7 nitrogen and oxygen atoms in total. The second-order valence-electron chi connectivity index (χ2n) is 5.27. The predicted molar refractivity (Wildman–Crippen MR) is 94.5 cm³/mol. The van der Waals surface area contributed by atoms with Crippen LogP contribution in [0.15, 0.2) is 29.0 Å². The van der Waals surface area contributed by atoms with E-state index in [0.29, 0.717) is 34.0 Å². The molecule has 1 aromatic heterocycles. The minimum absolute atomic E-state index is 0.102. The number of halogens is 2. The quantitative estimate of drug-likeness (QED) is 0.720. The first kappa shape index (κ1) is 16.9. The number of nitrogens with zero attached hydrogens (tertiary/aromatic N) is 2. The Hall–Kier alpha value is -1.90. The molecule has 0 bridgehead atoms. The van der Waals surface area contributed by atoms with E-state index in [4.69, 9.17) is 11.6 Å². The lowest BCUT2D eigenvalue weighted by Gasteiger charge is -2.27. The van der Waals surface area contributed by atoms with Crippen LogP contribution >= 0.6 is 27.5 Å². The van der Waals surface area contributed by atoms with Crippen molar-refractivity contribution in [3.8, 4) is 0 Å². The van der Waals surface area contributed by atoms with E-state index in [-0.39, 0.29) is 11.7 Å². The molecule has 2 aromatic rings. The molecule has 0 radical (unpaired) electrons. The van der Waals surface area contributed by atoms with Crippen LogP contribution in [0.5, 0.6) is 0 Å². The Bertz CT molecular complexity index is 773. The molecule has 1 fully saturated rings. The Labute approximate surface area is 151 Å². The minimum atomic E-state index is -0.391. The third-order valence-electron chi connectivity index (χ3n) is 3.62. The van der Waals surface area contributed by atoms with Crippen LogP contribution < -0.4 is 10.6 Å². The first-order valence-electron chi connectivity index (χ1n) is 7.36. The number of amides is 2. The maximum absolute atomic E-state index is 12.5. The van der Waals surface area contributed by atoms with Gasteiger partial charge in [-0.15, -0.1) is 0 Å². The van der Waals surface area contributed by atoms with Crippen LogP contribution in [-0.4, -0.2) is 52.9 Å². The monoisotopic (exact) mass is 411 g/mol. The summed E-state index contributed by atoms with van der Waals surface area (Å²) >= 11 is 9.43. The Kier molecular flexibility index (Phi) is 5.17. The molecule has 3 N–H and O–H groups in total. The summed E-state index contributed by atoms with van der Waals surface area (Å²) in [6.45, 7) is 2.86. The standard InChI is InChI=1S/C15H15BrClN5O2/c16-12-8-19-13(21-12)14(23)20-9-1-2-10(11(17)7-9)15(24)22-5-3-18-4-6-22/h1-2,7-8,18H,3-6H2,(H,19,21)(H,20,23). The zero-order valence-electron chi connectivity index (χ0n) is 12.6. The number of hydrogen-bond acceptors (Lipinski definition) is 4. The van der Waals surface area contributed by atoms with E-state index in [1.165, 1.54) is 6.20 Å². The highest BCUT2D eigenvalue weighted by atomic mass is 79.9. The van der Waals surface area contributed by atoms with Gasteiger partial charge in [0.25, 0.3) is 11.8 Å². The summed E-state index contributed by atoms with van der Waals surface area (Å²) in [6, 6.07) is 4.84. The van der Waals surface area contributed by atoms with Gasteiger partial charge in [0.1, 0.15) is 4.60 Å². The SMILES string of the molecule is O=C(Nc1ccc(C(=O)N2CCNCC2)c(Cl)c1)c1ncc(Br)[nH]1. The Morgan fingerprint density at radius 1 is 1.29 bits per heavy atom. The van der Waals surface area contributed by atoms with E-state index in [1.807, 2.05) is 0 Å². The van der Waals surface area contributed by atoms with Crippen molar-refractivity contribution in [2.45, 2.75) is 0 Å². The first-order valence-corrected chi connectivity index (χ1v) is 8.53. The van der Waals surface area contributed by atoms with E-state index in [9.17, 15) is 9.59 Å². The van der Waals surface area contributed by atoms with Gasteiger partial charge in [0.05, 0.1) is 16.8 Å². The van der Waals surface area contributed by atoms with Gasteiger partial charge in [0.2, 0.25) is 0 Å². The first-order chi connectivity index (χ1) is 11.5. The van der Waals surface area contributed by atoms with E-state index in [1.54, 1.807) is 23.1 Å². The number of piperazine rings is 1. The largest absolute Gasteiger partial charge is 0.336 e. The van der Waals surface area contributed by atoms with Crippen LogP contribution in [0.2, 0.25) is 5.02 Å². The van der Waals surface area contributed by atoms with Crippen LogP contribution in [-0.2, 0) is 0 Å². The predicted octanol–water partition coefficient (Wildman–Crippen LogP) is 2.12. The fourth-order valence-corrected chi connectivity index (χ4v) is 2.96. The summed E-state index contributed by atoms with van der Waals surface area (Å²) < 4.78 is 0.614. The lowest BCUT2D eigenvalue weighted by atomic mass is 10.1. The number of aromatic amines is 1. The molecule has 0 saturated carbocycles. The van der Waals surface area contributed by atoms with Crippen molar-refractivity contribution < 1.29 is 9.59 Å². The highest BCUT2D eigenvalue weighted by Crippen LogP contribution is 2.23. The molecule has 0 atom stereocenters. The Balaban J connectivity index is 1.72. The van der Waals surface area contributed by atoms with Crippen LogP contribution in [0.4, 0.5) is 5.69 Å². The highest BCUT2D eigenvalue weighted by Gasteiger charge is 2.20. The molecule has 0 spiro atoms. The maximum atomic E-state index is 12.5. The minimum Gasteiger partial charge on any atom is -0.336 e. The van der Waals surface area contributed by atoms with Gasteiger partial charge in [0.15, 0.2) is 5.82 Å². The summed E-state index contributed by atoms with van der Waals surface area (Å²) in [5.74, 6) is -0.314. The molecule has 1 aliphatic heterocycles. The number of anilines is 1.